The first-order valence-corrected chi connectivity index (χ1v) is 7.73. The van der Waals surface area contributed by atoms with Crippen molar-refractivity contribution < 1.29 is 0 Å². The molecule has 0 bridgehead atoms. The van der Waals surface area contributed by atoms with Crippen LogP contribution in [-0.2, 0) is 0 Å². The van der Waals surface area contributed by atoms with Crippen LogP contribution in [0.4, 0.5) is 0 Å². The molecule has 1 N–H and O–H groups in total. The van der Waals surface area contributed by atoms with Gasteiger partial charge in [-0.1, -0.05) is 26.2 Å². The number of rotatable bonds is 6. The number of nitrogens with zero attached hydrogens (tertiary/aromatic N) is 1. The molecule has 0 aromatic heterocycles. The molecule has 2 fully saturated rings. The van der Waals surface area contributed by atoms with Crippen molar-refractivity contribution in [2.75, 3.05) is 26.7 Å². The fourth-order valence-electron chi connectivity index (χ4n) is 3.84. The van der Waals surface area contributed by atoms with Crippen LogP contribution in [-0.4, -0.2) is 37.6 Å². The maximum Gasteiger partial charge on any atom is 0.0220 e. The average Bonchev–Trinajstić information content (AvgIpc) is 2.97. The van der Waals surface area contributed by atoms with E-state index in [0.717, 1.165) is 17.9 Å². The second-order valence-corrected chi connectivity index (χ2v) is 6.14. The molecule has 2 nitrogen and oxygen atoms in total. The average molecular weight is 238 g/mol. The molecule has 1 aliphatic carbocycles. The third-order valence-corrected chi connectivity index (χ3v) is 4.86. The van der Waals surface area contributed by atoms with Gasteiger partial charge in [-0.05, 0) is 51.1 Å². The maximum absolute atomic E-state index is 3.58. The van der Waals surface area contributed by atoms with Gasteiger partial charge in [0.05, 0.1) is 0 Å². The smallest absolute Gasteiger partial charge is 0.0220 e. The summed E-state index contributed by atoms with van der Waals surface area (Å²) in [6.07, 6.45) is 10.1. The number of hydrogen-bond donors (Lipinski definition) is 1. The van der Waals surface area contributed by atoms with Crippen molar-refractivity contribution >= 4 is 0 Å². The van der Waals surface area contributed by atoms with Crippen LogP contribution < -0.4 is 5.32 Å². The zero-order valence-electron chi connectivity index (χ0n) is 11.8. The first-order chi connectivity index (χ1) is 8.33. The van der Waals surface area contributed by atoms with Gasteiger partial charge >= 0.3 is 0 Å². The van der Waals surface area contributed by atoms with E-state index in [4.69, 9.17) is 0 Å². The summed E-state index contributed by atoms with van der Waals surface area (Å²) in [5.41, 5.74) is 0. The van der Waals surface area contributed by atoms with E-state index in [9.17, 15) is 0 Å². The summed E-state index contributed by atoms with van der Waals surface area (Å²) in [5, 5.41) is 3.58. The predicted octanol–water partition coefficient (Wildman–Crippen LogP) is 2.89. The summed E-state index contributed by atoms with van der Waals surface area (Å²) < 4.78 is 0. The third-order valence-electron chi connectivity index (χ3n) is 4.86. The lowest BCUT2D eigenvalue weighted by molar-refractivity contribution is 0.241. The summed E-state index contributed by atoms with van der Waals surface area (Å²) in [4.78, 5) is 2.71. The first kappa shape index (κ1) is 13.4. The zero-order chi connectivity index (χ0) is 12.1. The van der Waals surface area contributed by atoms with E-state index in [1.54, 1.807) is 0 Å². The van der Waals surface area contributed by atoms with Gasteiger partial charge in [-0.15, -0.1) is 0 Å². The van der Waals surface area contributed by atoms with Gasteiger partial charge in [-0.2, -0.15) is 0 Å². The van der Waals surface area contributed by atoms with E-state index < -0.39 is 0 Å². The number of likely N-dealkylation sites (N-methyl/N-ethyl adjacent to an activating group) is 1. The third kappa shape index (κ3) is 3.69. The molecule has 1 heterocycles. The Kier molecular flexibility index (Phi) is 5.30. The minimum Gasteiger partial charge on any atom is -0.315 e. The molecule has 0 amide bonds. The molecule has 2 heteroatoms. The highest BCUT2D eigenvalue weighted by Gasteiger charge is 2.28. The lowest BCUT2D eigenvalue weighted by Gasteiger charge is -2.28. The van der Waals surface area contributed by atoms with Crippen LogP contribution in [0.1, 0.15) is 51.9 Å². The van der Waals surface area contributed by atoms with Crippen molar-refractivity contribution in [3.63, 3.8) is 0 Å². The van der Waals surface area contributed by atoms with Crippen LogP contribution in [0.25, 0.3) is 0 Å². The number of nitrogens with one attached hydrogen (secondary N) is 1. The summed E-state index contributed by atoms with van der Waals surface area (Å²) in [5.74, 6) is 1.94. The van der Waals surface area contributed by atoms with E-state index >= 15 is 0 Å². The van der Waals surface area contributed by atoms with Crippen molar-refractivity contribution in [3.8, 4) is 0 Å². The highest BCUT2D eigenvalue weighted by Crippen LogP contribution is 2.29. The van der Waals surface area contributed by atoms with Crippen LogP contribution in [0.3, 0.4) is 0 Å². The van der Waals surface area contributed by atoms with Gasteiger partial charge in [-0.3, -0.25) is 0 Å². The lowest BCUT2D eigenvalue weighted by atomic mass is 9.98. The van der Waals surface area contributed by atoms with E-state index in [0.29, 0.717) is 0 Å². The molecule has 1 saturated carbocycles. The summed E-state index contributed by atoms with van der Waals surface area (Å²) in [6, 6.07) is 0.748. The largest absolute Gasteiger partial charge is 0.315 e. The fourth-order valence-corrected chi connectivity index (χ4v) is 3.84. The minimum absolute atomic E-state index is 0.748. The minimum atomic E-state index is 0.748. The van der Waals surface area contributed by atoms with Crippen LogP contribution in [0, 0.1) is 11.8 Å². The summed E-state index contributed by atoms with van der Waals surface area (Å²) in [7, 11) is 2.16. The monoisotopic (exact) mass is 238 g/mol. The highest BCUT2D eigenvalue weighted by atomic mass is 15.2. The fraction of sp³-hybridized carbons (Fsp3) is 1.00. The van der Waals surface area contributed by atoms with Crippen LogP contribution >= 0.6 is 0 Å². The molecule has 2 atom stereocenters. The molecule has 0 spiro atoms. The second kappa shape index (κ2) is 6.75. The Hall–Kier alpha value is -0.0800. The van der Waals surface area contributed by atoms with E-state index in [-0.39, 0.29) is 0 Å². The summed E-state index contributed by atoms with van der Waals surface area (Å²) in [6.45, 7) is 6.31. The molecule has 2 rings (SSSR count). The van der Waals surface area contributed by atoms with E-state index in [1.165, 1.54) is 64.6 Å². The van der Waals surface area contributed by atoms with Crippen LogP contribution in [0.15, 0.2) is 0 Å². The molecular formula is C15H30N2. The topological polar surface area (TPSA) is 15.3 Å². The quantitative estimate of drug-likeness (QED) is 0.765. The van der Waals surface area contributed by atoms with Gasteiger partial charge in [0.2, 0.25) is 0 Å². The van der Waals surface area contributed by atoms with Crippen molar-refractivity contribution in [1.82, 2.24) is 10.2 Å². The van der Waals surface area contributed by atoms with Gasteiger partial charge in [-0.25, -0.2) is 0 Å². The molecule has 1 saturated heterocycles. The molecule has 2 aliphatic rings. The molecule has 1 aliphatic heterocycles. The standard InChI is InChI=1S/C15H30N2/c1-3-6-13-9-10-17(11-13)12-15(16-2)14-7-4-5-8-14/h13-16H,3-12H2,1-2H3. The zero-order valence-corrected chi connectivity index (χ0v) is 11.8. The van der Waals surface area contributed by atoms with Crippen LogP contribution in [0.2, 0.25) is 0 Å². The van der Waals surface area contributed by atoms with Gasteiger partial charge in [0, 0.05) is 19.1 Å². The van der Waals surface area contributed by atoms with Gasteiger partial charge in [0.15, 0.2) is 0 Å². The molecule has 17 heavy (non-hydrogen) atoms. The Bertz CT molecular complexity index is 211. The normalized spacial score (nSPS) is 28.9. The second-order valence-electron chi connectivity index (χ2n) is 6.14. The van der Waals surface area contributed by atoms with Crippen molar-refractivity contribution in [2.24, 2.45) is 11.8 Å². The van der Waals surface area contributed by atoms with Crippen LogP contribution in [0.5, 0.6) is 0 Å². The molecule has 0 aromatic carbocycles. The maximum atomic E-state index is 3.58. The van der Waals surface area contributed by atoms with E-state index in [1.807, 2.05) is 0 Å². The molecule has 0 radical (unpaired) electrons. The van der Waals surface area contributed by atoms with Crippen molar-refractivity contribution in [2.45, 2.75) is 57.9 Å². The Morgan fingerprint density at radius 3 is 2.65 bits per heavy atom. The first-order valence-electron chi connectivity index (χ1n) is 7.73. The van der Waals surface area contributed by atoms with Crippen molar-refractivity contribution in [3.05, 3.63) is 0 Å². The summed E-state index contributed by atoms with van der Waals surface area (Å²) >= 11 is 0. The molecule has 100 valence electrons. The molecule has 0 aromatic rings. The van der Waals surface area contributed by atoms with E-state index in [2.05, 4.69) is 24.2 Å². The Morgan fingerprint density at radius 2 is 2.00 bits per heavy atom. The van der Waals surface area contributed by atoms with Gasteiger partial charge in [0.1, 0.15) is 0 Å². The van der Waals surface area contributed by atoms with Gasteiger partial charge < -0.3 is 10.2 Å². The Morgan fingerprint density at radius 1 is 1.24 bits per heavy atom. The highest BCUT2D eigenvalue weighted by molar-refractivity contribution is 4.85. The number of likely N-dealkylation sites (tertiary alicyclic amines) is 1. The van der Waals surface area contributed by atoms with Gasteiger partial charge in [0.25, 0.3) is 0 Å². The molecule has 2 unspecified atom stereocenters. The Balaban J connectivity index is 1.75. The van der Waals surface area contributed by atoms with Crippen molar-refractivity contribution in [1.29, 1.82) is 0 Å². The Labute approximate surface area is 107 Å². The SMILES string of the molecule is CCCC1CCN(CC(NC)C2CCCC2)C1. The number of hydrogen-bond acceptors (Lipinski definition) is 2. The predicted molar refractivity (Wildman–Crippen MR) is 74.3 cm³/mol. The molecular weight excluding hydrogens is 208 g/mol. The lowest BCUT2D eigenvalue weighted by Crippen LogP contribution is -2.42.